The highest BCUT2D eigenvalue weighted by Gasteiger charge is 2.23. The third-order valence-electron chi connectivity index (χ3n) is 2.66. The number of carbonyl (C=O) groups is 2. The molecule has 0 aliphatic rings. The van der Waals surface area contributed by atoms with Crippen LogP contribution in [0, 0.1) is 0 Å². The summed E-state index contributed by atoms with van der Waals surface area (Å²) in [5, 5.41) is 11.4. The molecule has 0 unspecified atom stereocenters. The smallest absolute Gasteiger partial charge is 0.330 e. The molecule has 1 amide bonds. The number of nitrogens with one attached hydrogen (secondary N) is 3. The van der Waals surface area contributed by atoms with Crippen molar-refractivity contribution in [2.75, 3.05) is 0 Å². The normalized spacial score (nSPS) is 11.6. The number of hydrogen-bond acceptors (Lipinski definition) is 4. The summed E-state index contributed by atoms with van der Waals surface area (Å²) >= 11 is 0. The summed E-state index contributed by atoms with van der Waals surface area (Å²) in [6, 6.07) is 7.64. The Morgan fingerprint density at radius 1 is 1.10 bits per heavy atom. The van der Waals surface area contributed by atoms with Crippen molar-refractivity contribution < 1.29 is 14.7 Å². The summed E-state index contributed by atoms with van der Waals surface area (Å²) in [7, 11) is 0. The maximum atomic E-state index is 11.9. The Balaban J connectivity index is 2.29. The van der Waals surface area contributed by atoms with Gasteiger partial charge in [0.05, 0.1) is 0 Å². The van der Waals surface area contributed by atoms with Crippen molar-refractivity contribution in [1.29, 1.82) is 0 Å². The molecule has 8 heteroatoms. The zero-order valence-corrected chi connectivity index (χ0v) is 10.6. The van der Waals surface area contributed by atoms with Gasteiger partial charge < -0.3 is 15.4 Å². The molecule has 21 heavy (non-hydrogen) atoms. The molecule has 0 spiro atoms. The molecule has 0 radical (unpaired) electrons. The van der Waals surface area contributed by atoms with Gasteiger partial charge in [-0.2, -0.15) is 0 Å². The maximum absolute atomic E-state index is 11.9. The number of H-pyrrole nitrogens is 2. The molecule has 0 aliphatic heterocycles. The number of benzene rings is 1. The molecular formula is C13H11N3O5. The van der Waals surface area contributed by atoms with Crippen LogP contribution in [-0.4, -0.2) is 27.0 Å². The number of rotatable bonds is 4. The van der Waals surface area contributed by atoms with Crippen LogP contribution in [0.25, 0.3) is 0 Å². The molecular weight excluding hydrogens is 278 g/mol. The summed E-state index contributed by atoms with van der Waals surface area (Å²) in [6.45, 7) is 0. The monoisotopic (exact) mass is 289 g/mol. The van der Waals surface area contributed by atoms with Gasteiger partial charge in [-0.3, -0.25) is 14.6 Å². The van der Waals surface area contributed by atoms with Gasteiger partial charge in [-0.1, -0.05) is 30.3 Å². The first-order valence-corrected chi connectivity index (χ1v) is 5.89. The van der Waals surface area contributed by atoms with E-state index in [0.717, 1.165) is 6.07 Å². The van der Waals surface area contributed by atoms with Crippen molar-refractivity contribution in [2.45, 2.75) is 6.04 Å². The van der Waals surface area contributed by atoms with E-state index in [1.165, 1.54) is 0 Å². The van der Waals surface area contributed by atoms with Crippen LogP contribution in [0.4, 0.5) is 0 Å². The summed E-state index contributed by atoms with van der Waals surface area (Å²) < 4.78 is 0. The fourth-order valence-electron chi connectivity index (χ4n) is 1.73. The van der Waals surface area contributed by atoms with Gasteiger partial charge in [-0.25, -0.2) is 9.59 Å². The van der Waals surface area contributed by atoms with Crippen molar-refractivity contribution in [3.63, 3.8) is 0 Å². The fourth-order valence-corrected chi connectivity index (χ4v) is 1.73. The Hall–Kier alpha value is -3.16. The third kappa shape index (κ3) is 3.44. The zero-order valence-electron chi connectivity index (χ0n) is 10.6. The van der Waals surface area contributed by atoms with Crippen LogP contribution in [0.5, 0.6) is 0 Å². The van der Waals surface area contributed by atoms with Gasteiger partial charge in [0.1, 0.15) is 5.69 Å². The average molecular weight is 289 g/mol. The minimum Gasteiger partial charge on any atom is -0.479 e. The Kier molecular flexibility index (Phi) is 3.98. The predicted molar refractivity (Wildman–Crippen MR) is 72.0 cm³/mol. The van der Waals surface area contributed by atoms with E-state index >= 15 is 0 Å². The highest BCUT2D eigenvalue weighted by atomic mass is 16.4. The molecule has 2 aromatic rings. The standard InChI is InChI=1S/C13H11N3O5/c17-9-6-8(14-13(21)15-9)11(18)16-10(12(19)20)7-4-2-1-3-5-7/h1-6,10H,(H,16,18)(H,19,20)(H2,14,15,17,21)/t10-/m0/s1. The molecule has 1 aromatic carbocycles. The lowest BCUT2D eigenvalue weighted by molar-refractivity contribution is -0.139. The third-order valence-corrected chi connectivity index (χ3v) is 2.66. The Morgan fingerprint density at radius 2 is 1.76 bits per heavy atom. The first-order chi connectivity index (χ1) is 9.97. The number of aromatic amines is 2. The number of carbonyl (C=O) groups excluding carboxylic acids is 1. The van der Waals surface area contributed by atoms with Crippen LogP contribution >= 0.6 is 0 Å². The summed E-state index contributed by atoms with van der Waals surface area (Å²) in [4.78, 5) is 49.5. The molecule has 0 bridgehead atoms. The predicted octanol–water partition coefficient (Wildman–Crippen LogP) is -0.381. The minimum absolute atomic E-state index is 0.314. The largest absolute Gasteiger partial charge is 0.479 e. The van der Waals surface area contributed by atoms with E-state index in [1.807, 2.05) is 4.98 Å². The summed E-state index contributed by atoms with van der Waals surface area (Å²) in [5.41, 5.74) is -1.55. The van der Waals surface area contributed by atoms with Gasteiger partial charge in [0.25, 0.3) is 11.5 Å². The molecule has 4 N–H and O–H groups in total. The Morgan fingerprint density at radius 3 is 2.33 bits per heavy atom. The lowest BCUT2D eigenvalue weighted by Gasteiger charge is -2.14. The van der Waals surface area contributed by atoms with E-state index in [4.69, 9.17) is 0 Å². The van der Waals surface area contributed by atoms with Crippen LogP contribution in [-0.2, 0) is 4.79 Å². The molecule has 1 heterocycles. The first kappa shape index (κ1) is 14.3. The van der Waals surface area contributed by atoms with Crippen LogP contribution in [0.2, 0.25) is 0 Å². The van der Waals surface area contributed by atoms with Gasteiger partial charge in [0.2, 0.25) is 0 Å². The molecule has 8 nitrogen and oxygen atoms in total. The van der Waals surface area contributed by atoms with Crippen molar-refractivity contribution in [2.24, 2.45) is 0 Å². The quantitative estimate of drug-likeness (QED) is 0.609. The molecule has 1 aromatic heterocycles. The molecule has 1 atom stereocenters. The van der Waals surface area contributed by atoms with Crippen molar-refractivity contribution in [3.05, 3.63) is 68.5 Å². The van der Waals surface area contributed by atoms with E-state index in [2.05, 4.69) is 10.3 Å². The van der Waals surface area contributed by atoms with E-state index in [-0.39, 0.29) is 5.69 Å². The Bertz CT molecular complexity index is 750. The molecule has 0 saturated carbocycles. The number of carboxylic acid groups (broad SMARTS) is 1. The molecule has 108 valence electrons. The molecule has 0 aliphatic carbocycles. The SMILES string of the molecule is O=C(N[C@H](C(=O)O)c1ccccc1)c1cc(=O)[nH]c(=O)[nH]1. The average Bonchev–Trinajstić information content (AvgIpc) is 2.44. The van der Waals surface area contributed by atoms with E-state index in [0.29, 0.717) is 5.56 Å². The number of aromatic nitrogens is 2. The molecule has 0 fully saturated rings. The van der Waals surface area contributed by atoms with E-state index in [1.54, 1.807) is 30.3 Å². The van der Waals surface area contributed by atoms with Gasteiger partial charge in [-0.05, 0) is 5.56 Å². The first-order valence-electron chi connectivity index (χ1n) is 5.89. The number of carboxylic acids is 1. The minimum atomic E-state index is -1.29. The second-order valence-electron chi connectivity index (χ2n) is 4.16. The van der Waals surface area contributed by atoms with Crippen LogP contribution in [0.15, 0.2) is 46.0 Å². The van der Waals surface area contributed by atoms with Crippen LogP contribution in [0.3, 0.4) is 0 Å². The van der Waals surface area contributed by atoms with Crippen molar-refractivity contribution >= 4 is 11.9 Å². The number of amides is 1. The topological polar surface area (TPSA) is 132 Å². The number of hydrogen-bond donors (Lipinski definition) is 4. The Labute approximate surface area is 117 Å². The maximum Gasteiger partial charge on any atom is 0.330 e. The second kappa shape index (κ2) is 5.87. The van der Waals surface area contributed by atoms with E-state index < -0.39 is 29.2 Å². The van der Waals surface area contributed by atoms with Crippen LogP contribution in [0.1, 0.15) is 22.1 Å². The highest BCUT2D eigenvalue weighted by Crippen LogP contribution is 2.13. The van der Waals surface area contributed by atoms with Crippen molar-refractivity contribution in [3.8, 4) is 0 Å². The number of aliphatic carboxylic acids is 1. The van der Waals surface area contributed by atoms with Crippen LogP contribution < -0.4 is 16.6 Å². The van der Waals surface area contributed by atoms with E-state index in [9.17, 15) is 24.3 Å². The van der Waals surface area contributed by atoms with Gasteiger partial charge in [0, 0.05) is 6.07 Å². The van der Waals surface area contributed by atoms with Gasteiger partial charge >= 0.3 is 11.7 Å². The highest BCUT2D eigenvalue weighted by molar-refractivity contribution is 5.95. The zero-order chi connectivity index (χ0) is 15.4. The summed E-state index contributed by atoms with van der Waals surface area (Å²) in [6.07, 6.45) is 0. The second-order valence-corrected chi connectivity index (χ2v) is 4.16. The van der Waals surface area contributed by atoms with Gasteiger partial charge in [-0.15, -0.1) is 0 Å². The fraction of sp³-hybridized carbons (Fsp3) is 0.0769. The molecule has 0 saturated heterocycles. The molecule has 2 rings (SSSR count). The summed E-state index contributed by atoms with van der Waals surface area (Å²) in [5.74, 6) is -2.13. The van der Waals surface area contributed by atoms with Gasteiger partial charge in [0.15, 0.2) is 6.04 Å². The van der Waals surface area contributed by atoms with Crippen molar-refractivity contribution in [1.82, 2.24) is 15.3 Å². The lowest BCUT2D eigenvalue weighted by atomic mass is 10.1. The lowest BCUT2D eigenvalue weighted by Crippen LogP contribution is -2.36.